The molecule has 0 N–H and O–H groups in total. The fourth-order valence-electron chi connectivity index (χ4n) is 1.94. The summed E-state index contributed by atoms with van der Waals surface area (Å²) in [4.78, 5) is -0.305. The Morgan fingerprint density at radius 1 is 1.21 bits per heavy atom. The molecule has 2 aromatic rings. The summed E-state index contributed by atoms with van der Waals surface area (Å²) in [6.45, 7) is 1.74. The lowest BCUT2D eigenvalue weighted by Gasteiger charge is -2.16. The van der Waals surface area contributed by atoms with Gasteiger partial charge in [0, 0.05) is 16.1 Å². The third-order valence-electron chi connectivity index (χ3n) is 2.96. The molecule has 100 valence electrons. The van der Waals surface area contributed by atoms with E-state index in [0.29, 0.717) is 21.9 Å². The van der Waals surface area contributed by atoms with Crippen LogP contribution in [0.25, 0.3) is 0 Å². The van der Waals surface area contributed by atoms with Crippen molar-refractivity contribution in [2.75, 3.05) is 7.11 Å². The second-order valence-electron chi connectivity index (χ2n) is 4.23. The van der Waals surface area contributed by atoms with Gasteiger partial charge in [-0.3, -0.25) is 0 Å². The van der Waals surface area contributed by atoms with Crippen LogP contribution in [0.1, 0.15) is 21.5 Å². The van der Waals surface area contributed by atoms with Gasteiger partial charge in [0.25, 0.3) is 0 Å². The SMILES string of the molecule is COc1ccc(Cl)cc1C(Br)c1cccc(C)c1F. The van der Waals surface area contributed by atoms with Gasteiger partial charge in [-0.2, -0.15) is 0 Å². The van der Waals surface area contributed by atoms with Crippen molar-refractivity contribution in [3.8, 4) is 5.75 Å². The maximum atomic E-state index is 14.2. The Kier molecular flexibility index (Phi) is 4.48. The number of ether oxygens (including phenoxy) is 1. The third-order valence-corrected chi connectivity index (χ3v) is 4.18. The van der Waals surface area contributed by atoms with Crippen LogP contribution in [0.2, 0.25) is 5.02 Å². The lowest BCUT2D eigenvalue weighted by molar-refractivity contribution is 0.410. The summed E-state index contributed by atoms with van der Waals surface area (Å²) < 4.78 is 19.5. The van der Waals surface area contributed by atoms with Crippen molar-refractivity contribution in [2.24, 2.45) is 0 Å². The monoisotopic (exact) mass is 342 g/mol. The van der Waals surface area contributed by atoms with E-state index in [1.807, 2.05) is 6.07 Å². The van der Waals surface area contributed by atoms with Gasteiger partial charge in [-0.1, -0.05) is 45.7 Å². The minimum atomic E-state index is -0.305. The van der Waals surface area contributed by atoms with Crippen molar-refractivity contribution in [2.45, 2.75) is 11.8 Å². The molecule has 2 rings (SSSR count). The average molecular weight is 344 g/mol. The maximum Gasteiger partial charge on any atom is 0.130 e. The van der Waals surface area contributed by atoms with Crippen LogP contribution < -0.4 is 4.74 Å². The second kappa shape index (κ2) is 5.93. The summed E-state index contributed by atoms with van der Waals surface area (Å²) in [5.74, 6) is 0.457. The molecule has 2 aromatic carbocycles. The van der Waals surface area contributed by atoms with E-state index in [2.05, 4.69) is 15.9 Å². The van der Waals surface area contributed by atoms with Crippen LogP contribution in [-0.2, 0) is 0 Å². The molecule has 0 saturated heterocycles. The Morgan fingerprint density at radius 3 is 2.63 bits per heavy atom. The summed E-state index contributed by atoms with van der Waals surface area (Å²) >= 11 is 9.53. The highest BCUT2D eigenvalue weighted by atomic mass is 79.9. The molecule has 1 unspecified atom stereocenters. The molecule has 0 radical (unpaired) electrons. The van der Waals surface area contributed by atoms with E-state index in [-0.39, 0.29) is 10.6 Å². The number of hydrogen-bond donors (Lipinski definition) is 0. The largest absolute Gasteiger partial charge is 0.496 e. The first kappa shape index (κ1) is 14.4. The number of aryl methyl sites for hydroxylation is 1. The highest BCUT2D eigenvalue weighted by molar-refractivity contribution is 9.09. The van der Waals surface area contributed by atoms with E-state index < -0.39 is 0 Å². The minimum absolute atomic E-state index is 0.216. The molecule has 0 aromatic heterocycles. The first-order chi connectivity index (χ1) is 9.04. The number of benzene rings is 2. The number of rotatable bonds is 3. The van der Waals surface area contributed by atoms with Crippen molar-refractivity contribution < 1.29 is 9.13 Å². The quantitative estimate of drug-likeness (QED) is 0.689. The lowest BCUT2D eigenvalue weighted by atomic mass is 10.0. The molecular formula is C15H13BrClFO. The van der Waals surface area contributed by atoms with E-state index >= 15 is 0 Å². The highest BCUT2D eigenvalue weighted by Gasteiger charge is 2.19. The van der Waals surface area contributed by atoms with Gasteiger partial charge in [0.2, 0.25) is 0 Å². The molecule has 1 atom stereocenters. The zero-order valence-corrected chi connectivity index (χ0v) is 12.9. The third kappa shape index (κ3) is 2.93. The van der Waals surface area contributed by atoms with Crippen molar-refractivity contribution >= 4 is 27.5 Å². The lowest BCUT2D eigenvalue weighted by Crippen LogP contribution is -2.01. The van der Waals surface area contributed by atoms with Crippen molar-refractivity contribution in [3.05, 3.63) is 63.9 Å². The van der Waals surface area contributed by atoms with Gasteiger partial charge in [0.1, 0.15) is 11.6 Å². The van der Waals surface area contributed by atoms with E-state index in [4.69, 9.17) is 16.3 Å². The molecule has 0 bridgehead atoms. The number of halogens is 3. The van der Waals surface area contributed by atoms with E-state index in [0.717, 1.165) is 5.56 Å². The Bertz CT molecular complexity index is 601. The second-order valence-corrected chi connectivity index (χ2v) is 5.58. The molecule has 19 heavy (non-hydrogen) atoms. The molecule has 0 aliphatic carbocycles. The van der Waals surface area contributed by atoms with E-state index in [1.165, 1.54) is 0 Å². The standard InChI is InChI=1S/C15H13BrClFO/c1-9-4-3-5-11(15(9)18)14(16)12-8-10(17)6-7-13(12)19-2/h3-8,14H,1-2H3. The van der Waals surface area contributed by atoms with Gasteiger partial charge in [-0.05, 0) is 30.7 Å². The van der Waals surface area contributed by atoms with E-state index in [9.17, 15) is 4.39 Å². The van der Waals surface area contributed by atoms with Crippen LogP contribution in [-0.4, -0.2) is 7.11 Å². The van der Waals surface area contributed by atoms with Crippen LogP contribution in [0.5, 0.6) is 5.75 Å². The summed E-state index contributed by atoms with van der Waals surface area (Å²) in [5.41, 5.74) is 1.99. The highest BCUT2D eigenvalue weighted by Crippen LogP contribution is 2.39. The molecule has 0 spiro atoms. The molecule has 1 nitrogen and oxygen atoms in total. The maximum absolute atomic E-state index is 14.2. The molecule has 4 heteroatoms. The Hall–Kier alpha value is -1.06. The van der Waals surface area contributed by atoms with E-state index in [1.54, 1.807) is 44.4 Å². The predicted molar refractivity (Wildman–Crippen MR) is 79.9 cm³/mol. The number of alkyl halides is 1. The average Bonchev–Trinajstić information content (AvgIpc) is 2.41. The molecule has 0 aliphatic heterocycles. The van der Waals surface area contributed by atoms with Crippen molar-refractivity contribution in [1.82, 2.24) is 0 Å². The first-order valence-corrected chi connectivity index (χ1v) is 7.06. The summed E-state index contributed by atoms with van der Waals surface area (Å²) in [6.07, 6.45) is 0. The molecule has 0 aliphatic rings. The van der Waals surface area contributed by atoms with Crippen molar-refractivity contribution in [1.29, 1.82) is 0 Å². The van der Waals surface area contributed by atoms with Gasteiger partial charge in [0.05, 0.1) is 11.9 Å². The van der Waals surface area contributed by atoms with Crippen LogP contribution in [0.15, 0.2) is 36.4 Å². The van der Waals surface area contributed by atoms with Crippen LogP contribution in [0.3, 0.4) is 0 Å². The zero-order chi connectivity index (χ0) is 14.0. The van der Waals surface area contributed by atoms with Gasteiger partial charge >= 0.3 is 0 Å². The molecule has 0 amide bonds. The van der Waals surface area contributed by atoms with Gasteiger partial charge in [-0.25, -0.2) is 4.39 Å². The Morgan fingerprint density at radius 2 is 1.95 bits per heavy atom. The smallest absolute Gasteiger partial charge is 0.130 e. The summed E-state index contributed by atoms with van der Waals surface area (Å²) in [6, 6.07) is 10.6. The number of methoxy groups -OCH3 is 1. The molecule has 0 saturated carbocycles. The van der Waals surface area contributed by atoms with Gasteiger partial charge in [0.15, 0.2) is 0 Å². The molecular weight excluding hydrogens is 331 g/mol. The van der Waals surface area contributed by atoms with Crippen LogP contribution in [0.4, 0.5) is 4.39 Å². The zero-order valence-electron chi connectivity index (χ0n) is 10.6. The van der Waals surface area contributed by atoms with Crippen LogP contribution >= 0.6 is 27.5 Å². The van der Waals surface area contributed by atoms with Gasteiger partial charge in [-0.15, -0.1) is 0 Å². The number of hydrogen-bond acceptors (Lipinski definition) is 1. The Labute approximate surface area is 125 Å². The minimum Gasteiger partial charge on any atom is -0.496 e. The fraction of sp³-hybridized carbons (Fsp3) is 0.200. The normalized spacial score (nSPS) is 12.3. The van der Waals surface area contributed by atoms with Gasteiger partial charge < -0.3 is 4.74 Å². The molecule has 0 fully saturated rings. The van der Waals surface area contributed by atoms with Crippen LogP contribution in [0, 0.1) is 12.7 Å². The predicted octanol–water partition coefficient (Wildman–Crippen LogP) is 5.28. The summed E-state index contributed by atoms with van der Waals surface area (Å²) in [7, 11) is 1.58. The molecule has 0 heterocycles. The summed E-state index contributed by atoms with van der Waals surface area (Å²) in [5, 5.41) is 0.591. The van der Waals surface area contributed by atoms with Crippen molar-refractivity contribution in [3.63, 3.8) is 0 Å². The first-order valence-electron chi connectivity index (χ1n) is 5.77. The fourth-order valence-corrected chi connectivity index (χ4v) is 2.83. The Balaban J connectivity index is 2.52. The topological polar surface area (TPSA) is 9.23 Å².